The van der Waals surface area contributed by atoms with E-state index in [4.69, 9.17) is 5.11 Å². The molecule has 0 atom stereocenters. The summed E-state index contributed by atoms with van der Waals surface area (Å²) in [5.74, 6) is -0.891. The van der Waals surface area contributed by atoms with E-state index in [1.165, 1.54) is 0 Å². The highest BCUT2D eigenvalue weighted by molar-refractivity contribution is 5.87. The van der Waals surface area contributed by atoms with Crippen molar-refractivity contribution in [3.05, 3.63) is 34.3 Å². The molecule has 0 amide bonds. The SMILES string of the molecule is CC1=c2cc(C(=O)O)ccc2=N1. The van der Waals surface area contributed by atoms with E-state index in [-0.39, 0.29) is 0 Å². The van der Waals surface area contributed by atoms with Crippen molar-refractivity contribution >= 4 is 11.7 Å². The van der Waals surface area contributed by atoms with Crippen LogP contribution in [0.1, 0.15) is 17.3 Å². The normalized spacial score (nSPS) is 12.9. The number of carboxylic acids is 1. The molecular formula is C9H7NO2. The lowest BCUT2D eigenvalue weighted by Gasteiger charge is -2.04. The van der Waals surface area contributed by atoms with Crippen molar-refractivity contribution in [1.29, 1.82) is 0 Å². The molecule has 0 aliphatic carbocycles. The average Bonchev–Trinajstić information content (AvgIpc) is 2.02. The Morgan fingerprint density at radius 2 is 2.25 bits per heavy atom. The van der Waals surface area contributed by atoms with Crippen molar-refractivity contribution in [1.82, 2.24) is 0 Å². The molecule has 0 fully saturated rings. The monoisotopic (exact) mass is 161 g/mol. The lowest BCUT2D eigenvalue weighted by atomic mass is 10.1. The van der Waals surface area contributed by atoms with Gasteiger partial charge in [0.25, 0.3) is 0 Å². The van der Waals surface area contributed by atoms with Crippen LogP contribution in [-0.2, 0) is 0 Å². The Balaban J connectivity index is 2.69. The topological polar surface area (TPSA) is 49.7 Å². The molecule has 1 aromatic rings. The van der Waals surface area contributed by atoms with Gasteiger partial charge in [0.15, 0.2) is 0 Å². The highest BCUT2D eigenvalue weighted by atomic mass is 16.4. The number of carbonyl (C=O) groups is 1. The highest BCUT2D eigenvalue weighted by Gasteiger charge is 2.07. The van der Waals surface area contributed by atoms with Crippen molar-refractivity contribution < 1.29 is 9.90 Å². The van der Waals surface area contributed by atoms with Crippen LogP contribution < -0.4 is 10.6 Å². The number of rotatable bonds is 1. The van der Waals surface area contributed by atoms with E-state index in [1.807, 2.05) is 6.92 Å². The predicted octanol–water partition coefficient (Wildman–Crippen LogP) is 0.146. The van der Waals surface area contributed by atoms with Gasteiger partial charge in [0, 0.05) is 10.9 Å². The first kappa shape index (κ1) is 7.03. The summed E-state index contributed by atoms with van der Waals surface area (Å²) in [5, 5.41) is 10.5. The van der Waals surface area contributed by atoms with Gasteiger partial charge >= 0.3 is 5.97 Å². The smallest absolute Gasteiger partial charge is 0.335 e. The van der Waals surface area contributed by atoms with Crippen LogP contribution in [0.4, 0.5) is 0 Å². The number of aromatic carboxylic acids is 1. The summed E-state index contributed by atoms with van der Waals surface area (Å²) in [6, 6.07) is 4.95. The van der Waals surface area contributed by atoms with Crippen molar-refractivity contribution in [2.45, 2.75) is 6.92 Å². The van der Waals surface area contributed by atoms with E-state index in [0.29, 0.717) is 5.56 Å². The number of nitrogens with zero attached hydrogens (tertiary/aromatic N) is 1. The molecule has 1 aromatic carbocycles. The van der Waals surface area contributed by atoms with Crippen molar-refractivity contribution in [3.63, 3.8) is 0 Å². The molecule has 0 spiro atoms. The zero-order chi connectivity index (χ0) is 8.72. The van der Waals surface area contributed by atoms with Crippen molar-refractivity contribution in [2.24, 2.45) is 4.99 Å². The standard InChI is InChI=1S/C9H7NO2/c1-5-7-4-6(9(11)12)2-3-8(7)10-5/h2-4H,1H3,(H,11,12). The third-order valence-corrected chi connectivity index (χ3v) is 1.92. The summed E-state index contributed by atoms with van der Waals surface area (Å²) < 4.78 is 0. The Kier molecular flexibility index (Phi) is 1.27. The molecule has 1 aliphatic rings. The van der Waals surface area contributed by atoms with E-state index in [2.05, 4.69) is 4.99 Å². The third-order valence-electron chi connectivity index (χ3n) is 1.92. The molecule has 12 heavy (non-hydrogen) atoms. The fourth-order valence-corrected chi connectivity index (χ4v) is 1.24. The molecule has 1 heterocycles. The van der Waals surface area contributed by atoms with E-state index in [0.717, 1.165) is 16.3 Å². The second kappa shape index (κ2) is 2.17. The van der Waals surface area contributed by atoms with Gasteiger partial charge in [0.2, 0.25) is 0 Å². The van der Waals surface area contributed by atoms with Gasteiger partial charge in [-0.15, -0.1) is 0 Å². The zero-order valence-electron chi connectivity index (χ0n) is 6.53. The first-order chi connectivity index (χ1) is 5.68. The number of carboxylic acid groups (broad SMARTS) is 1. The van der Waals surface area contributed by atoms with Gasteiger partial charge in [0.05, 0.1) is 10.9 Å². The fourth-order valence-electron chi connectivity index (χ4n) is 1.24. The molecule has 2 rings (SSSR count). The van der Waals surface area contributed by atoms with Gasteiger partial charge < -0.3 is 5.11 Å². The Bertz CT molecular complexity index is 474. The van der Waals surface area contributed by atoms with Gasteiger partial charge in [-0.2, -0.15) is 0 Å². The number of hydrogen-bond donors (Lipinski definition) is 1. The Labute approximate surface area is 68.7 Å². The summed E-state index contributed by atoms with van der Waals surface area (Å²) in [6.07, 6.45) is 0. The Hall–Kier alpha value is -1.64. The van der Waals surface area contributed by atoms with E-state index < -0.39 is 5.97 Å². The third kappa shape index (κ3) is 0.830. The first-order valence-electron chi connectivity index (χ1n) is 3.61. The van der Waals surface area contributed by atoms with Crippen LogP contribution in [0, 0.1) is 0 Å². The molecule has 0 saturated carbocycles. The minimum atomic E-state index is -0.891. The minimum Gasteiger partial charge on any atom is -0.478 e. The Morgan fingerprint density at radius 1 is 1.50 bits per heavy atom. The second-order valence-corrected chi connectivity index (χ2v) is 2.73. The Morgan fingerprint density at radius 3 is 2.83 bits per heavy atom. The summed E-state index contributed by atoms with van der Waals surface area (Å²) >= 11 is 0. The summed E-state index contributed by atoms with van der Waals surface area (Å²) in [4.78, 5) is 14.7. The molecular weight excluding hydrogens is 154 g/mol. The summed E-state index contributed by atoms with van der Waals surface area (Å²) in [7, 11) is 0. The van der Waals surface area contributed by atoms with E-state index >= 15 is 0 Å². The fraction of sp³-hybridized carbons (Fsp3) is 0.111. The second-order valence-electron chi connectivity index (χ2n) is 2.73. The maximum atomic E-state index is 10.6. The zero-order valence-corrected chi connectivity index (χ0v) is 6.53. The van der Waals surface area contributed by atoms with Gasteiger partial charge in [-0.3, -0.25) is 4.99 Å². The predicted molar refractivity (Wildman–Crippen MR) is 43.3 cm³/mol. The van der Waals surface area contributed by atoms with E-state index in [1.54, 1.807) is 18.2 Å². The molecule has 0 saturated heterocycles. The summed E-state index contributed by atoms with van der Waals surface area (Å²) in [5.41, 5.74) is 1.23. The van der Waals surface area contributed by atoms with Crippen LogP contribution in [0.3, 0.4) is 0 Å². The molecule has 1 N–H and O–H groups in total. The largest absolute Gasteiger partial charge is 0.478 e. The van der Waals surface area contributed by atoms with Crippen LogP contribution in [-0.4, -0.2) is 11.1 Å². The van der Waals surface area contributed by atoms with Crippen molar-refractivity contribution in [2.75, 3.05) is 0 Å². The van der Waals surface area contributed by atoms with Gasteiger partial charge in [0.1, 0.15) is 0 Å². The maximum Gasteiger partial charge on any atom is 0.335 e. The number of benzene rings is 1. The van der Waals surface area contributed by atoms with Gasteiger partial charge in [-0.25, -0.2) is 4.79 Å². The first-order valence-corrected chi connectivity index (χ1v) is 3.61. The van der Waals surface area contributed by atoms with Crippen LogP contribution in [0.2, 0.25) is 0 Å². The number of hydrogen-bond acceptors (Lipinski definition) is 2. The minimum absolute atomic E-state index is 0.322. The summed E-state index contributed by atoms with van der Waals surface area (Å²) in [6.45, 7) is 1.87. The molecule has 0 radical (unpaired) electrons. The van der Waals surface area contributed by atoms with Crippen LogP contribution >= 0.6 is 0 Å². The maximum absolute atomic E-state index is 10.6. The molecule has 1 aliphatic heterocycles. The van der Waals surface area contributed by atoms with E-state index in [9.17, 15) is 4.79 Å². The lowest BCUT2D eigenvalue weighted by Crippen LogP contribution is -2.34. The lowest BCUT2D eigenvalue weighted by molar-refractivity contribution is 0.0697. The van der Waals surface area contributed by atoms with Crippen molar-refractivity contribution in [3.8, 4) is 0 Å². The van der Waals surface area contributed by atoms with Gasteiger partial charge in [-0.1, -0.05) is 0 Å². The molecule has 0 bridgehead atoms. The average molecular weight is 161 g/mol. The van der Waals surface area contributed by atoms with Gasteiger partial charge in [-0.05, 0) is 25.1 Å². The van der Waals surface area contributed by atoms with Crippen LogP contribution in [0.5, 0.6) is 0 Å². The van der Waals surface area contributed by atoms with Crippen LogP contribution in [0.25, 0.3) is 5.70 Å². The molecule has 0 aromatic heterocycles. The molecule has 0 unspecified atom stereocenters. The molecule has 3 heteroatoms. The quantitative estimate of drug-likeness (QED) is 0.637. The molecule has 3 nitrogen and oxygen atoms in total. The number of fused-ring (bicyclic) bond motifs is 1. The molecule has 60 valence electrons. The highest BCUT2D eigenvalue weighted by Crippen LogP contribution is 1.99. The van der Waals surface area contributed by atoms with Crippen LogP contribution in [0.15, 0.2) is 23.2 Å².